The van der Waals surface area contributed by atoms with Gasteiger partial charge in [-0.25, -0.2) is 8.78 Å². The van der Waals surface area contributed by atoms with E-state index < -0.39 is 17.6 Å². The summed E-state index contributed by atoms with van der Waals surface area (Å²) in [4.78, 5) is 0. The monoisotopic (exact) mass is 396 g/mol. The predicted octanol–water partition coefficient (Wildman–Crippen LogP) is 8.07. The molecule has 152 valence electrons. The Balaban J connectivity index is 0.000000203. The largest absolute Gasteiger partial charge is 0.416 e. The summed E-state index contributed by atoms with van der Waals surface area (Å²) in [5.74, 6) is 0.660. The fraction of sp³-hybridized carbons (Fsp3) is 0.391. The van der Waals surface area contributed by atoms with Crippen LogP contribution in [0.2, 0.25) is 0 Å². The molecule has 0 aliphatic heterocycles. The van der Waals surface area contributed by atoms with Gasteiger partial charge in [0.25, 0.3) is 0 Å². The van der Waals surface area contributed by atoms with Crippen molar-refractivity contribution in [2.45, 2.75) is 51.6 Å². The Hall–Kier alpha value is -2.17. The third-order valence-electron chi connectivity index (χ3n) is 5.21. The topological polar surface area (TPSA) is 0 Å². The highest BCUT2D eigenvalue weighted by molar-refractivity contribution is 5.56. The summed E-state index contributed by atoms with van der Waals surface area (Å²) in [7, 11) is 0. The van der Waals surface area contributed by atoms with Crippen LogP contribution >= 0.6 is 0 Å². The SMILES string of the molecule is C=C(F)c1ccc(C(F)(F)F)cc1.Cc1ccc(C2CCC(C)CC2)cc1F. The van der Waals surface area contributed by atoms with Crippen molar-refractivity contribution < 1.29 is 22.0 Å². The first-order chi connectivity index (χ1) is 13.1. The first-order valence-corrected chi connectivity index (χ1v) is 9.36. The van der Waals surface area contributed by atoms with Crippen LogP contribution in [0.15, 0.2) is 49.0 Å². The van der Waals surface area contributed by atoms with Crippen LogP contribution in [0.25, 0.3) is 5.83 Å². The van der Waals surface area contributed by atoms with Crippen molar-refractivity contribution in [1.29, 1.82) is 0 Å². The average Bonchev–Trinajstić information content (AvgIpc) is 2.64. The van der Waals surface area contributed by atoms with Crippen molar-refractivity contribution in [2.24, 2.45) is 5.92 Å². The third kappa shape index (κ3) is 6.18. The van der Waals surface area contributed by atoms with Crippen molar-refractivity contribution in [3.8, 4) is 0 Å². The maximum absolute atomic E-state index is 13.4. The lowest BCUT2D eigenvalue weighted by molar-refractivity contribution is -0.137. The van der Waals surface area contributed by atoms with Gasteiger partial charge in [0.05, 0.1) is 5.56 Å². The van der Waals surface area contributed by atoms with Gasteiger partial charge in [-0.1, -0.05) is 50.6 Å². The van der Waals surface area contributed by atoms with Gasteiger partial charge in [0, 0.05) is 5.56 Å². The molecule has 0 unspecified atom stereocenters. The minimum atomic E-state index is -4.38. The molecule has 28 heavy (non-hydrogen) atoms. The van der Waals surface area contributed by atoms with E-state index in [0.717, 1.165) is 35.7 Å². The van der Waals surface area contributed by atoms with Crippen LogP contribution in [0.4, 0.5) is 22.0 Å². The number of hydrogen-bond donors (Lipinski definition) is 0. The van der Waals surface area contributed by atoms with E-state index in [4.69, 9.17) is 0 Å². The summed E-state index contributed by atoms with van der Waals surface area (Å²) >= 11 is 0. The van der Waals surface area contributed by atoms with E-state index in [-0.39, 0.29) is 11.4 Å². The van der Waals surface area contributed by atoms with E-state index in [1.165, 1.54) is 31.2 Å². The van der Waals surface area contributed by atoms with Crippen molar-refractivity contribution in [2.75, 3.05) is 0 Å². The molecular weight excluding hydrogens is 371 g/mol. The lowest BCUT2D eigenvalue weighted by Gasteiger charge is -2.26. The van der Waals surface area contributed by atoms with Crippen LogP contribution < -0.4 is 0 Å². The minimum Gasteiger partial charge on any atom is -0.207 e. The first kappa shape index (κ1) is 22.1. The lowest BCUT2D eigenvalue weighted by atomic mass is 9.79. The number of alkyl halides is 3. The molecule has 0 heterocycles. The first-order valence-electron chi connectivity index (χ1n) is 9.36. The highest BCUT2D eigenvalue weighted by atomic mass is 19.4. The van der Waals surface area contributed by atoms with E-state index >= 15 is 0 Å². The standard InChI is InChI=1S/C14H19F.C9H6F4/c1-10-3-6-12(7-4-10)13-8-5-11(2)14(15)9-13;1-6(10)7-2-4-8(5-3-7)9(11,12)13/h5,8-10,12H,3-4,6-7H2,1-2H3;2-5H,1H2. The second-order valence-corrected chi connectivity index (χ2v) is 7.45. The summed E-state index contributed by atoms with van der Waals surface area (Å²) < 4.78 is 61.8. The van der Waals surface area contributed by atoms with Crippen LogP contribution in [0, 0.1) is 18.7 Å². The van der Waals surface area contributed by atoms with Crippen LogP contribution in [0.5, 0.6) is 0 Å². The Kier molecular flexibility index (Phi) is 7.39. The zero-order valence-corrected chi connectivity index (χ0v) is 16.1. The van der Waals surface area contributed by atoms with Crippen LogP contribution in [0.1, 0.15) is 60.8 Å². The molecule has 0 amide bonds. The highest BCUT2D eigenvalue weighted by Gasteiger charge is 2.30. The van der Waals surface area contributed by atoms with E-state index in [1.54, 1.807) is 6.07 Å². The Labute approximate surface area is 163 Å². The molecule has 0 bridgehead atoms. The maximum Gasteiger partial charge on any atom is 0.416 e. The van der Waals surface area contributed by atoms with Gasteiger partial charge in [0.1, 0.15) is 11.6 Å². The van der Waals surface area contributed by atoms with Gasteiger partial charge < -0.3 is 0 Å². The molecule has 0 spiro atoms. The summed E-state index contributed by atoms with van der Waals surface area (Å²) in [5, 5.41) is 0. The molecule has 1 saturated carbocycles. The fourth-order valence-electron chi connectivity index (χ4n) is 3.30. The molecule has 0 atom stereocenters. The van der Waals surface area contributed by atoms with Gasteiger partial charge >= 0.3 is 6.18 Å². The molecule has 1 aliphatic carbocycles. The molecule has 0 radical (unpaired) electrons. The Morgan fingerprint density at radius 3 is 2.00 bits per heavy atom. The van der Waals surface area contributed by atoms with Crippen molar-refractivity contribution in [3.05, 3.63) is 77.1 Å². The summed E-state index contributed by atoms with van der Waals surface area (Å²) in [6.07, 6.45) is 0.657. The average molecular weight is 396 g/mol. The molecule has 2 aromatic rings. The molecule has 2 aromatic carbocycles. The summed E-state index contributed by atoms with van der Waals surface area (Å²) in [6.45, 7) is 7.10. The molecular formula is C23H25F5. The van der Waals surface area contributed by atoms with Gasteiger partial charge in [-0.3, -0.25) is 0 Å². The fourth-order valence-corrected chi connectivity index (χ4v) is 3.30. The van der Waals surface area contributed by atoms with Crippen molar-refractivity contribution in [3.63, 3.8) is 0 Å². The minimum absolute atomic E-state index is 0.0499. The van der Waals surface area contributed by atoms with Gasteiger partial charge in [-0.2, -0.15) is 13.2 Å². The lowest BCUT2D eigenvalue weighted by Crippen LogP contribution is -2.11. The number of rotatable bonds is 2. The van der Waals surface area contributed by atoms with Crippen LogP contribution in [-0.4, -0.2) is 0 Å². The van der Waals surface area contributed by atoms with Crippen molar-refractivity contribution >= 4 is 5.83 Å². The van der Waals surface area contributed by atoms with E-state index in [0.29, 0.717) is 5.92 Å². The second kappa shape index (κ2) is 9.35. The second-order valence-electron chi connectivity index (χ2n) is 7.45. The molecule has 1 aliphatic rings. The van der Waals surface area contributed by atoms with E-state index in [1.807, 2.05) is 13.0 Å². The zero-order chi connectivity index (χ0) is 20.9. The molecule has 0 saturated heterocycles. The van der Waals surface area contributed by atoms with E-state index in [2.05, 4.69) is 19.6 Å². The van der Waals surface area contributed by atoms with Crippen LogP contribution in [-0.2, 0) is 6.18 Å². The number of aryl methyl sites for hydroxylation is 1. The van der Waals surface area contributed by atoms with Gasteiger partial charge in [-0.15, -0.1) is 0 Å². The Bertz CT molecular complexity index is 782. The van der Waals surface area contributed by atoms with Gasteiger partial charge in [-0.05, 0) is 60.9 Å². The smallest absolute Gasteiger partial charge is 0.207 e. The zero-order valence-electron chi connectivity index (χ0n) is 16.1. The molecule has 5 heteroatoms. The van der Waals surface area contributed by atoms with Gasteiger partial charge in [0.2, 0.25) is 0 Å². The van der Waals surface area contributed by atoms with Gasteiger partial charge in [0.15, 0.2) is 0 Å². The molecule has 3 rings (SSSR count). The van der Waals surface area contributed by atoms with E-state index in [9.17, 15) is 22.0 Å². The Morgan fingerprint density at radius 1 is 0.964 bits per heavy atom. The summed E-state index contributed by atoms with van der Waals surface area (Å²) in [5.41, 5.74) is 1.22. The molecule has 0 nitrogen and oxygen atoms in total. The number of halogens is 5. The number of hydrogen-bond acceptors (Lipinski definition) is 0. The molecule has 0 N–H and O–H groups in total. The third-order valence-corrected chi connectivity index (χ3v) is 5.21. The highest BCUT2D eigenvalue weighted by Crippen LogP contribution is 2.35. The molecule has 0 aromatic heterocycles. The molecule has 1 fully saturated rings. The maximum atomic E-state index is 13.4. The van der Waals surface area contributed by atoms with Crippen molar-refractivity contribution in [1.82, 2.24) is 0 Å². The quantitative estimate of drug-likeness (QED) is 0.450. The normalized spacial score (nSPS) is 19.5. The summed E-state index contributed by atoms with van der Waals surface area (Å²) in [6, 6.07) is 9.47. The number of benzene rings is 2. The van der Waals surface area contributed by atoms with Crippen LogP contribution in [0.3, 0.4) is 0 Å². The predicted molar refractivity (Wildman–Crippen MR) is 103 cm³/mol. The Morgan fingerprint density at radius 2 is 1.54 bits per heavy atom.